The van der Waals surface area contributed by atoms with Crippen LogP contribution in [0.1, 0.15) is 25.6 Å². The molecule has 0 bridgehead atoms. The molecule has 1 N–H and O–H groups in total. The number of aromatic nitrogens is 2. The second-order valence-electron chi connectivity index (χ2n) is 5.74. The van der Waals surface area contributed by atoms with Crippen LogP contribution in [0.2, 0.25) is 0 Å². The zero-order valence-electron chi connectivity index (χ0n) is 12.6. The van der Waals surface area contributed by atoms with Gasteiger partial charge >= 0.3 is 0 Å². The summed E-state index contributed by atoms with van der Waals surface area (Å²) < 4.78 is 7.33. The normalized spacial score (nSPS) is 13.4. The lowest BCUT2D eigenvalue weighted by atomic mass is 9.91. The molecule has 0 aliphatic rings. The molecule has 0 saturated carbocycles. The van der Waals surface area contributed by atoms with Gasteiger partial charge in [0.25, 0.3) is 0 Å². The lowest BCUT2D eigenvalue weighted by Crippen LogP contribution is -2.27. The van der Waals surface area contributed by atoms with Gasteiger partial charge in [-0.15, -0.1) is 11.3 Å². The van der Waals surface area contributed by atoms with Crippen molar-refractivity contribution >= 4 is 17.3 Å². The largest absolute Gasteiger partial charge is 0.383 e. The second kappa shape index (κ2) is 6.41. The summed E-state index contributed by atoms with van der Waals surface area (Å²) in [7, 11) is 1.71. The van der Waals surface area contributed by atoms with Gasteiger partial charge < -0.3 is 14.6 Å². The van der Waals surface area contributed by atoms with Gasteiger partial charge in [-0.1, -0.05) is 19.9 Å². The third kappa shape index (κ3) is 3.61. The summed E-state index contributed by atoms with van der Waals surface area (Å²) in [5, 5.41) is 5.52. The topological polar surface area (TPSA) is 39.1 Å². The fourth-order valence-corrected chi connectivity index (χ4v) is 3.10. The Balaban J connectivity index is 2.09. The van der Waals surface area contributed by atoms with Crippen LogP contribution < -0.4 is 5.32 Å². The van der Waals surface area contributed by atoms with Gasteiger partial charge in [-0.25, -0.2) is 4.98 Å². The van der Waals surface area contributed by atoms with Crippen LogP contribution in [0, 0.1) is 0 Å². The molecule has 2 aromatic rings. The molecule has 2 heterocycles. The number of nitrogens with zero attached hydrogens (tertiary/aromatic N) is 2. The smallest absolute Gasteiger partial charge is 0.203 e. The monoisotopic (exact) mass is 293 g/mol. The maximum atomic E-state index is 5.15. The number of nitrogens with one attached hydrogen (secondary N) is 1. The van der Waals surface area contributed by atoms with Gasteiger partial charge in [-0.2, -0.15) is 0 Å². The van der Waals surface area contributed by atoms with E-state index in [0.29, 0.717) is 6.61 Å². The molecule has 2 rings (SSSR count). The fraction of sp³-hybridized carbons (Fsp3) is 0.533. The fourth-order valence-electron chi connectivity index (χ4n) is 2.26. The molecule has 0 saturated heterocycles. The van der Waals surface area contributed by atoms with Crippen LogP contribution >= 0.6 is 11.3 Å². The first-order chi connectivity index (χ1) is 9.53. The molecule has 0 aromatic carbocycles. The van der Waals surface area contributed by atoms with E-state index in [1.54, 1.807) is 18.4 Å². The third-order valence-corrected chi connectivity index (χ3v) is 4.50. The highest BCUT2D eigenvalue weighted by Gasteiger charge is 2.23. The number of ether oxygens (including phenoxy) is 1. The van der Waals surface area contributed by atoms with Gasteiger partial charge in [-0.05, 0) is 18.4 Å². The first kappa shape index (κ1) is 15.1. The summed E-state index contributed by atoms with van der Waals surface area (Å²) in [4.78, 5) is 5.79. The molecule has 2 aromatic heterocycles. The zero-order valence-corrected chi connectivity index (χ0v) is 13.4. The van der Waals surface area contributed by atoms with Crippen LogP contribution in [0.3, 0.4) is 0 Å². The Morgan fingerprint density at radius 1 is 1.50 bits per heavy atom. The minimum absolute atomic E-state index is 0.0930. The molecule has 110 valence electrons. The molecule has 0 aliphatic heterocycles. The highest BCUT2D eigenvalue weighted by atomic mass is 32.1. The van der Waals surface area contributed by atoms with Gasteiger partial charge in [0.1, 0.15) is 0 Å². The summed E-state index contributed by atoms with van der Waals surface area (Å²) in [5.41, 5.74) is 0.0930. The van der Waals surface area contributed by atoms with Crippen molar-refractivity contribution in [3.63, 3.8) is 0 Å². The predicted molar refractivity (Wildman–Crippen MR) is 84.5 cm³/mol. The molecule has 0 fully saturated rings. The van der Waals surface area contributed by atoms with Crippen LogP contribution in [0.4, 0.5) is 5.95 Å². The average Bonchev–Trinajstić information content (AvgIpc) is 3.01. The van der Waals surface area contributed by atoms with Gasteiger partial charge in [0.05, 0.1) is 6.61 Å². The third-order valence-electron chi connectivity index (χ3n) is 3.26. The Labute approximate surface area is 124 Å². The van der Waals surface area contributed by atoms with E-state index in [9.17, 15) is 0 Å². The van der Waals surface area contributed by atoms with Crippen molar-refractivity contribution in [2.24, 2.45) is 0 Å². The molecule has 0 radical (unpaired) electrons. The number of hydrogen-bond donors (Lipinski definition) is 1. The predicted octanol–water partition coefficient (Wildman–Crippen LogP) is 3.37. The summed E-state index contributed by atoms with van der Waals surface area (Å²) in [5.74, 6) is 0.902. The summed E-state index contributed by atoms with van der Waals surface area (Å²) >= 11 is 1.81. The lowest BCUT2D eigenvalue weighted by molar-refractivity contribution is 0.190. The number of thiophene rings is 1. The van der Waals surface area contributed by atoms with Crippen molar-refractivity contribution in [1.29, 1.82) is 0 Å². The average molecular weight is 293 g/mol. The van der Waals surface area contributed by atoms with Crippen LogP contribution in [0.5, 0.6) is 0 Å². The molecular weight excluding hydrogens is 270 g/mol. The standard InChI is InChI=1S/C15H23N3OS/c1-12(10-19-4)17-14-16-7-8-18(14)11-15(2,3)13-6-5-9-20-13/h5-9,12H,10-11H2,1-4H3,(H,16,17). The number of methoxy groups -OCH3 is 1. The van der Waals surface area contributed by atoms with Gasteiger partial charge in [0.15, 0.2) is 0 Å². The van der Waals surface area contributed by atoms with E-state index in [4.69, 9.17) is 4.74 Å². The van der Waals surface area contributed by atoms with Crippen molar-refractivity contribution in [1.82, 2.24) is 9.55 Å². The van der Waals surface area contributed by atoms with Crippen molar-refractivity contribution < 1.29 is 4.74 Å². The van der Waals surface area contributed by atoms with E-state index in [0.717, 1.165) is 12.5 Å². The lowest BCUT2D eigenvalue weighted by Gasteiger charge is -2.25. The Morgan fingerprint density at radius 2 is 2.30 bits per heavy atom. The van der Waals surface area contributed by atoms with Crippen molar-refractivity contribution in [2.45, 2.75) is 38.8 Å². The van der Waals surface area contributed by atoms with Gasteiger partial charge in [-0.3, -0.25) is 0 Å². The molecule has 0 spiro atoms. The Kier molecular flexibility index (Phi) is 4.83. The Morgan fingerprint density at radius 3 is 2.95 bits per heavy atom. The van der Waals surface area contributed by atoms with Crippen molar-refractivity contribution in [2.75, 3.05) is 19.0 Å². The minimum atomic E-state index is 0.0930. The maximum Gasteiger partial charge on any atom is 0.203 e. The van der Waals surface area contributed by atoms with E-state index >= 15 is 0 Å². The molecular formula is C15H23N3OS. The number of rotatable bonds is 7. The minimum Gasteiger partial charge on any atom is -0.383 e. The molecule has 0 amide bonds. The van der Waals surface area contributed by atoms with Gasteiger partial charge in [0.2, 0.25) is 5.95 Å². The quantitative estimate of drug-likeness (QED) is 0.850. The van der Waals surface area contributed by atoms with Crippen molar-refractivity contribution in [3.8, 4) is 0 Å². The molecule has 1 unspecified atom stereocenters. The maximum absolute atomic E-state index is 5.15. The van der Waals surface area contributed by atoms with E-state index in [1.165, 1.54) is 4.88 Å². The number of hydrogen-bond acceptors (Lipinski definition) is 4. The summed E-state index contributed by atoms with van der Waals surface area (Å²) in [6.07, 6.45) is 3.86. The van der Waals surface area contributed by atoms with Gasteiger partial charge in [0, 0.05) is 42.4 Å². The van der Waals surface area contributed by atoms with E-state index in [-0.39, 0.29) is 11.5 Å². The SMILES string of the molecule is COCC(C)Nc1nccn1CC(C)(C)c1cccs1. The van der Waals surface area contributed by atoms with Crippen LogP contribution in [-0.2, 0) is 16.7 Å². The van der Waals surface area contributed by atoms with Crippen LogP contribution in [0.25, 0.3) is 0 Å². The molecule has 0 aliphatic carbocycles. The number of anilines is 1. The first-order valence-corrected chi connectivity index (χ1v) is 7.71. The highest BCUT2D eigenvalue weighted by molar-refractivity contribution is 7.10. The summed E-state index contributed by atoms with van der Waals surface area (Å²) in [6, 6.07) is 4.54. The molecule has 4 nitrogen and oxygen atoms in total. The van der Waals surface area contributed by atoms with E-state index in [2.05, 4.69) is 53.2 Å². The Bertz CT molecular complexity index is 519. The van der Waals surface area contributed by atoms with Crippen LogP contribution in [0.15, 0.2) is 29.9 Å². The van der Waals surface area contributed by atoms with E-state index in [1.807, 2.05) is 12.4 Å². The second-order valence-corrected chi connectivity index (χ2v) is 6.69. The van der Waals surface area contributed by atoms with E-state index < -0.39 is 0 Å². The summed E-state index contributed by atoms with van der Waals surface area (Å²) in [6.45, 7) is 8.19. The van der Waals surface area contributed by atoms with Crippen LogP contribution in [-0.4, -0.2) is 29.3 Å². The molecule has 20 heavy (non-hydrogen) atoms. The van der Waals surface area contributed by atoms with Crippen molar-refractivity contribution in [3.05, 3.63) is 34.8 Å². The highest BCUT2D eigenvalue weighted by Crippen LogP contribution is 2.30. The zero-order chi connectivity index (χ0) is 14.6. The molecule has 5 heteroatoms. The first-order valence-electron chi connectivity index (χ1n) is 6.83. The molecule has 1 atom stereocenters. The number of imidazole rings is 1. The Hall–Kier alpha value is -1.33.